The van der Waals surface area contributed by atoms with Gasteiger partial charge in [0.2, 0.25) is 5.88 Å². The first-order valence-corrected chi connectivity index (χ1v) is 9.45. The summed E-state index contributed by atoms with van der Waals surface area (Å²) in [5.74, 6) is 1.12. The topological polar surface area (TPSA) is 68.2 Å². The monoisotopic (exact) mass is 374 g/mol. The summed E-state index contributed by atoms with van der Waals surface area (Å²) in [6.45, 7) is 0.751. The maximum atomic E-state index is 13.2. The lowest BCUT2D eigenvalue weighted by Crippen LogP contribution is -2.38. The first-order chi connectivity index (χ1) is 13.8. The number of rotatable bonds is 4. The normalized spacial score (nSPS) is 16.6. The Morgan fingerprint density at radius 3 is 2.64 bits per heavy atom. The van der Waals surface area contributed by atoms with E-state index in [1.807, 2.05) is 47.4 Å². The van der Waals surface area contributed by atoms with Gasteiger partial charge in [-0.05, 0) is 43.5 Å². The van der Waals surface area contributed by atoms with Crippen LogP contribution >= 0.6 is 0 Å². The van der Waals surface area contributed by atoms with E-state index in [4.69, 9.17) is 4.74 Å². The summed E-state index contributed by atoms with van der Waals surface area (Å²) in [6, 6.07) is 15.0. The van der Waals surface area contributed by atoms with Crippen LogP contribution in [-0.4, -0.2) is 39.4 Å². The smallest absolute Gasteiger partial charge is 0.254 e. The molecule has 2 aromatic heterocycles. The average molecular weight is 374 g/mol. The number of benzene rings is 1. The van der Waals surface area contributed by atoms with Gasteiger partial charge in [0.05, 0.1) is 18.8 Å². The highest BCUT2D eigenvalue weighted by molar-refractivity contribution is 5.95. The Morgan fingerprint density at radius 1 is 1.04 bits per heavy atom. The van der Waals surface area contributed by atoms with Crippen LogP contribution in [0, 0.1) is 0 Å². The first kappa shape index (κ1) is 18.1. The molecule has 0 saturated carbocycles. The molecule has 1 saturated heterocycles. The fraction of sp³-hybridized carbons (Fsp3) is 0.273. The standard InChI is InChI=1S/C22H22N4O2/c1-28-20-12-14-24-21(25-20)16-8-10-17(11-9-16)22(27)26-15-5-3-7-19(26)18-6-2-4-13-23-18/h2,4,6,8-14,19H,3,5,7,15H2,1H3/t19-/m0/s1. The molecule has 0 spiro atoms. The van der Waals surface area contributed by atoms with Crippen molar-refractivity contribution in [1.82, 2.24) is 19.9 Å². The van der Waals surface area contributed by atoms with E-state index in [0.29, 0.717) is 17.3 Å². The largest absolute Gasteiger partial charge is 0.481 e. The van der Waals surface area contributed by atoms with Crippen LogP contribution in [-0.2, 0) is 0 Å². The maximum absolute atomic E-state index is 13.2. The van der Waals surface area contributed by atoms with Crippen molar-refractivity contribution in [2.45, 2.75) is 25.3 Å². The molecule has 142 valence electrons. The summed E-state index contributed by atoms with van der Waals surface area (Å²) < 4.78 is 5.15. The zero-order valence-electron chi connectivity index (χ0n) is 15.8. The second-order valence-electron chi connectivity index (χ2n) is 6.76. The number of hydrogen-bond donors (Lipinski definition) is 0. The number of nitrogens with zero attached hydrogens (tertiary/aromatic N) is 4. The van der Waals surface area contributed by atoms with Gasteiger partial charge in [0.1, 0.15) is 0 Å². The van der Waals surface area contributed by atoms with Crippen molar-refractivity contribution < 1.29 is 9.53 Å². The van der Waals surface area contributed by atoms with Crippen LogP contribution in [0.2, 0.25) is 0 Å². The number of carbonyl (C=O) groups excluding carboxylic acids is 1. The van der Waals surface area contributed by atoms with Gasteiger partial charge in [-0.2, -0.15) is 4.98 Å². The van der Waals surface area contributed by atoms with Crippen molar-refractivity contribution in [3.63, 3.8) is 0 Å². The van der Waals surface area contributed by atoms with Crippen LogP contribution in [0.15, 0.2) is 60.9 Å². The quantitative estimate of drug-likeness (QED) is 0.692. The van der Waals surface area contributed by atoms with Crippen molar-refractivity contribution in [3.8, 4) is 17.3 Å². The highest BCUT2D eigenvalue weighted by atomic mass is 16.5. The molecule has 28 heavy (non-hydrogen) atoms. The van der Waals surface area contributed by atoms with Gasteiger partial charge >= 0.3 is 0 Å². The average Bonchev–Trinajstić information content (AvgIpc) is 2.79. The number of piperidine rings is 1. The first-order valence-electron chi connectivity index (χ1n) is 9.45. The minimum absolute atomic E-state index is 0.0313. The van der Waals surface area contributed by atoms with Gasteiger partial charge in [-0.15, -0.1) is 0 Å². The predicted molar refractivity (Wildman–Crippen MR) is 106 cm³/mol. The zero-order valence-corrected chi connectivity index (χ0v) is 15.8. The molecule has 0 unspecified atom stereocenters. The molecular formula is C22H22N4O2. The molecule has 3 heterocycles. The number of ether oxygens (including phenoxy) is 1. The van der Waals surface area contributed by atoms with E-state index in [0.717, 1.165) is 37.1 Å². The number of hydrogen-bond acceptors (Lipinski definition) is 5. The molecule has 1 amide bonds. The van der Waals surface area contributed by atoms with Crippen LogP contribution < -0.4 is 4.74 Å². The van der Waals surface area contributed by atoms with Gasteiger partial charge in [0.15, 0.2) is 5.82 Å². The summed E-state index contributed by atoms with van der Waals surface area (Å²) in [5, 5.41) is 0. The molecule has 6 nitrogen and oxygen atoms in total. The van der Waals surface area contributed by atoms with E-state index >= 15 is 0 Å². The number of carbonyl (C=O) groups is 1. The van der Waals surface area contributed by atoms with Gasteiger partial charge in [-0.25, -0.2) is 4.98 Å². The molecule has 0 bridgehead atoms. The summed E-state index contributed by atoms with van der Waals surface area (Å²) in [4.78, 5) is 28.2. The Morgan fingerprint density at radius 2 is 1.89 bits per heavy atom. The molecule has 0 N–H and O–H groups in total. The van der Waals surface area contributed by atoms with Crippen molar-refractivity contribution >= 4 is 5.91 Å². The number of amides is 1. The van der Waals surface area contributed by atoms with Gasteiger partial charge in [0.25, 0.3) is 5.91 Å². The highest BCUT2D eigenvalue weighted by Gasteiger charge is 2.29. The zero-order chi connectivity index (χ0) is 19.3. The van der Waals surface area contributed by atoms with Gasteiger partial charge in [-0.1, -0.05) is 18.2 Å². The molecule has 1 aliphatic heterocycles. The van der Waals surface area contributed by atoms with E-state index in [1.165, 1.54) is 0 Å². The lowest BCUT2D eigenvalue weighted by molar-refractivity contribution is 0.0606. The summed E-state index contributed by atoms with van der Waals surface area (Å²) in [7, 11) is 1.57. The molecule has 6 heteroatoms. The molecule has 3 aromatic rings. The number of methoxy groups -OCH3 is 1. The molecule has 1 atom stereocenters. The fourth-order valence-electron chi connectivity index (χ4n) is 3.58. The minimum atomic E-state index is 0.0313. The molecule has 1 fully saturated rings. The van der Waals surface area contributed by atoms with Crippen LogP contribution in [0.4, 0.5) is 0 Å². The Labute approximate surface area is 164 Å². The molecule has 0 radical (unpaired) electrons. The van der Waals surface area contributed by atoms with Gasteiger partial charge in [-0.3, -0.25) is 9.78 Å². The number of pyridine rings is 1. The molecule has 0 aliphatic carbocycles. The third-order valence-corrected chi connectivity index (χ3v) is 5.02. The molecule has 1 aromatic carbocycles. The molecule has 1 aliphatic rings. The Kier molecular flexibility index (Phi) is 5.28. The van der Waals surface area contributed by atoms with E-state index < -0.39 is 0 Å². The van der Waals surface area contributed by atoms with Crippen LogP contribution in [0.3, 0.4) is 0 Å². The van der Waals surface area contributed by atoms with Crippen LogP contribution in [0.1, 0.15) is 41.4 Å². The fourth-order valence-corrected chi connectivity index (χ4v) is 3.58. The second-order valence-corrected chi connectivity index (χ2v) is 6.76. The maximum Gasteiger partial charge on any atom is 0.254 e. The van der Waals surface area contributed by atoms with E-state index in [-0.39, 0.29) is 11.9 Å². The van der Waals surface area contributed by atoms with Crippen molar-refractivity contribution in [1.29, 1.82) is 0 Å². The van der Waals surface area contributed by atoms with Crippen molar-refractivity contribution in [3.05, 3.63) is 72.2 Å². The summed E-state index contributed by atoms with van der Waals surface area (Å²) in [6.07, 6.45) is 6.52. The Bertz CT molecular complexity index is 944. The highest BCUT2D eigenvalue weighted by Crippen LogP contribution is 2.31. The van der Waals surface area contributed by atoms with E-state index in [2.05, 4.69) is 15.0 Å². The Hall–Kier alpha value is -3.28. The lowest BCUT2D eigenvalue weighted by Gasteiger charge is -2.35. The van der Waals surface area contributed by atoms with Gasteiger partial charge in [0, 0.05) is 36.1 Å². The molecule has 4 rings (SSSR count). The van der Waals surface area contributed by atoms with Crippen LogP contribution in [0.5, 0.6) is 5.88 Å². The summed E-state index contributed by atoms with van der Waals surface area (Å²) in [5.41, 5.74) is 2.46. The van der Waals surface area contributed by atoms with E-state index in [1.54, 1.807) is 25.6 Å². The third kappa shape index (κ3) is 3.71. The third-order valence-electron chi connectivity index (χ3n) is 5.02. The number of aromatic nitrogens is 3. The van der Waals surface area contributed by atoms with E-state index in [9.17, 15) is 4.79 Å². The van der Waals surface area contributed by atoms with Crippen LogP contribution in [0.25, 0.3) is 11.4 Å². The second kappa shape index (κ2) is 8.17. The Balaban J connectivity index is 1.57. The predicted octanol–water partition coefficient (Wildman–Crippen LogP) is 3.91. The summed E-state index contributed by atoms with van der Waals surface area (Å²) >= 11 is 0. The minimum Gasteiger partial charge on any atom is -0.481 e. The number of likely N-dealkylation sites (tertiary alicyclic amines) is 1. The van der Waals surface area contributed by atoms with Crippen molar-refractivity contribution in [2.75, 3.05) is 13.7 Å². The SMILES string of the molecule is COc1ccnc(-c2ccc(C(=O)N3CCCC[C@H]3c3ccccn3)cc2)n1. The molecular weight excluding hydrogens is 352 g/mol. The van der Waals surface area contributed by atoms with Crippen molar-refractivity contribution in [2.24, 2.45) is 0 Å². The lowest BCUT2D eigenvalue weighted by atomic mass is 9.97. The van der Waals surface area contributed by atoms with Gasteiger partial charge < -0.3 is 9.64 Å².